The minimum atomic E-state index is -0.967. The molecule has 0 fully saturated rings. The van der Waals surface area contributed by atoms with Crippen molar-refractivity contribution in [2.75, 3.05) is 13.2 Å². The number of allylic oxidation sites excluding steroid dienone is 6. The maximum Gasteiger partial charge on any atom is 0.305 e. The van der Waals surface area contributed by atoms with Crippen LogP contribution in [0.15, 0.2) is 36.5 Å². The van der Waals surface area contributed by atoms with E-state index in [2.05, 4.69) is 50.3 Å². The first kappa shape index (κ1) is 48.1. The van der Waals surface area contributed by atoms with Crippen LogP contribution in [0.4, 0.5) is 0 Å². The Labute approximate surface area is 310 Å². The molecule has 292 valence electrons. The van der Waals surface area contributed by atoms with Gasteiger partial charge in [-0.2, -0.15) is 0 Å². The molecule has 0 radical (unpaired) electrons. The highest BCUT2D eigenvalue weighted by molar-refractivity contribution is 5.69. The highest BCUT2D eigenvalue weighted by Gasteiger charge is 2.12. The zero-order valence-corrected chi connectivity index (χ0v) is 33.2. The van der Waals surface area contributed by atoms with Crippen LogP contribution in [-0.4, -0.2) is 36.4 Å². The Kier molecular flexibility index (Phi) is 40.0. The van der Waals surface area contributed by atoms with Crippen molar-refractivity contribution in [3.63, 3.8) is 0 Å². The Bertz CT molecular complexity index is 801. The average Bonchev–Trinajstić information content (AvgIpc) is 3.12. The van der Waals surface area contributed by atoms with Crippen LogP contribution < -0.4 is 0 Å². The number of unbranched alkanes of at least 4 members (excludes halogenated alkanes) is 25. The second kappa shape index (κ2) is 41.5. The summed E-state index contributed by atoms with van der Waals surface area (Å²) in [5.74, 6) is -0.571. The molecule has 0 bridgehead atoms. The SMILES string of the molecule is CCCCC/C=C\C/C=C\CCCCCCCCCC(=O)OC[C@H](O)COC(=O)CCCCCCCCCCC/C=C\CCCCCCCC. The molecular weight excluding hydrogens is 620 g/mol. The Morgan fingerprint density at radius 3 is 1.08 bits per heavy atom. The summed E-state index contributed by atoms with van der Waals surface area (Å²) in [6.45, 7) is 4.28. The molecule has 0 aliphatic carbocycles. The van der Waals surface area contributed by atoms with Crippen LogP contribution in [0.25, 0.3) is 0 Å². The predicted molar refractivity (Wildman–Crippen MR) is 214 cm³/mol. The fourth-order valence-corrected chi connectivity index (χ4v) is 6.05. The van der Waals surface area contributed by atoms with E-state index in [-0.39, 0.29) is 25.2 Å². The van der Waals surface area contributed by atoms with Crippen LogP contribution in [0.5, 0.6) is 0 Å². The molecule has 0 rings (SSSR count). The van der Waals surface area contributed by atoms with E-state index in [4.69, 9.17) is 9.47 Å². The van der Waals surface area contributed by atoms with Crippen molar-refractivity contribution in [1.29, 1.82) is 0 Å². The van der Waals surface area contributed by atoms with Gasteiger partial charge in [0.25, 0.3) is 0 Å². The Morgan fingerprint density at radius 1 is 0.420 bits per heavy atom. The molecule has 5 nitrogen and oxygen atoms in total. The highest BCUT2D eigenvalue weighted by Crippen LogP contribution is 2.14. The Hall–Kier alpha value is -1.88. The topological polar surface area (TPSA) is 72.8 Å². The third-order valence-electron chi connectivity index (χ3n) is 9.35. The van der Waals surface area contributed by atoms with Crippen molar-refractivity contribution in [2.24, 2.45) is 0 Å². The molecule has 0 aliphatic heterocycles. The van der Waals surface area contributed by atoms with E-state index in [1.54, 1.807) is 0 Å². The molecule has 0 aliphatic rings. The lowest BCUT2D eigenvalue weighted by molar-refractivity contribution is -0.152. The lowest BCUT2D eigenvalue weighted by Gasteiger charge is -2.12. The number of aliphatic hydroxyl groups excluding tert-OH is 1. The number of carbonyl (C=O) groups is 2. The summed E-state index contributed by atoms with van der Waals surface area (Å²) in [7, 11) is 0. The van der Waals surface area contributed by atoms with Crippen molar-refractivity contribution in [1.82, 2.24) is 0 Å². The minimum absolute atomic E-state index is 0.118. The zero-order chi connectivity index (χ0) is 36.4. The first-order valence-electron chi connectivity index (χ1n) is 21.5. The van der Waals surface area contributed by atoms with Crippen molar-refractivity contribution in [2.45, 2.75) is 225 Å². The standard InChI is InChI=1S/C45H82O5/c1-3-5-7-9-11-13-15-17-19-21-22-24-26-28-30-32-34-36-38-40-45(48)50-42-43(46)41-49-44(47)39-37-35-33-31-29-27-25-23-20-18-16-14-12-10-8-6-4-2/h12,14,17-20,43,46H,3-11,13,15-16,21-42H2,1-2H3/b14-12-,19-17-,20-18-/t43-/m0/s1. The molecule has 0 aromatic heterocycles. The van der Waals surface area contributed by atoms with Gasteiger partial charge in [0.2, 0.25) is 0 Å². The second-order valence-corrected chi connectivity index (χ2v) is 14.5. The molecule has 0 spiro atoms. The van der Waals surface area contributed by atoms with Gasteiger partial charge in [0.1, 0.15) is 19.3 Å². The van der Waals surface area contributed by atoms with Crippen molar-refractivity contribution in [3.8, 4) is 0 Å². The molecule has 50 heavy (non-hydrogen) atoms. The van der Waals surface area contributed by atoms with E-state index in [1.807, 2.05) is 0 Å². The number of ether oxygens (including phenoxy) is 2. The first-order chi connectivity index (χ1) is 24.6. The summed E-state index contributed by atoms with van der Waals surface area (Å²) in [4.78, 5) is 24.0. The van der Waals surface area contributed by atoms with E-state index in [1.165, 1.54) is 148 Å². The molecule has 0 unspecified atom stereocenters. The lowest BCUT2D eigenvalue weighted by atomic mass is 10.1. The molecule has 0 saturated carbocycles. The summed E-state index contributed by atoms with van der Waals surface area (Å²) in [5.41, 5.74) is 0. The number of rotatable bonds is 39. The molecule has 0 amide bonds. The molecule has 0 aromatic rings. The summed E-state index contributed by atoms with van der Waals surface area (Å²) in [6, 6.07) is 0. The number of esters is 2. The van der Waals surface area contributed by atoms with Crippen LogP contribution >= 0.6 is 0 Å². The van der Waals surface area contributed by atoms with Crippen LogP contribution in [-0.2, 0) is 19.1 Å². The van der Waals surface area contributed by atoms with Crippen molar-refractivity contribution >= 4 is 11.9 Å². The van der Waals surface area contributed by atoms with Crippen LogP contribution in [0, 0.1) is 0 Å². The quantitative estimate of drug-likeness (QED) is 0.0392. The number of aliphatic hydroxyl groups is 1. The fraction of sp³-hybridized carbons (Fsp3) is 0.822. The Balaban J connectivity index is 3.43. The van der Waals surface area contributed by atoms with E-state index in [0.717, 1.165) is 44.9 Å². The van der Waals surface area contributed by atoms with Crippen LogP contribution in [0.1, 0.15) is 219 Å². The number of carbonyl (C=O) groups excluding carboxylic acids is 2. The molecule has 1 N–H and O–H groups in total. The molecule has 0 heterocycles. The molecular formula is C45H82O5. The van der Waals surface area contributed by atoms with E-state index >= 15 is 0 Å². The third-order valence-corrected chi connectivity index (χ3v) is 9.35. The van der Waals surface area contributed by atoms with Gasteiger partial charge in [-0.1, -0.05) is 172 Å². The maximum absolute atomic E-state index is 12.0. The van der Waals surface area contributed by atoms with Crippen molar-refractivity contribution in [3.05, 3.63) is 36.5 Å². The van der Waals surface area contributed by atoms with E-state index in [0.29, 0.717) is 12.8 Å². The summed E-state index contributed by atoms with van der Waals surface area (Å²) >= 11 is 0. The van der Waals surface area contributed by atoms with Gasteiger partial charge < -0.3 is 14.6 Å². The first-order valence-corrected chi connectivity index (χ1v) is 21.5. The molecule has 0 saturated heterocycles. The van der Waals surface area contributed by atoms with E-state index in [9.17, 15) is 14.7 Å². The summed E-state index contributed by atoms with van der Waals surface area (Å²) < 4.78 is 10.4. The third kappa shape index (κ3) is 40.5. The number of hydrogen-bond donors (Lipinski definition) is 1. The monoisotopic (exact) mass is 703 g/mol. The highest BCUT2D eigenvalue weighted by atomic mass is 16.6. The van der Waals surface area contributed by atoms with Gasteiger partial charge in [-0.25, -0.2) is 0 Å². The van der Waals surface area contributed by atoms with Gasteiger partial charge in [0.05, 0.1) is 0 Å². The molecule has 1 atom stereocenters. The smallest absolute Gasteiger partial charge is 0.305 e. The van der Waals surface area contributed by atoms with Gasteiger partial charge in [-0.05, 0) is 70.6 Å². The fourth-order valence-electron chi connectivity index (χ4n) is 6.05. The normalized spacial score (nSPS) is 12.5. The largest absolute Gasteiger partial charge is 0.463 e. The van der Waals surface area contributed by atoms with Gasteiger partial charge in [-0.3, -0.25) is 9.59 Å². The minimum Gasteiger partial charge on any atom is -0.463 e. The zero-order valence-electron chi connectivity index (χ0n) is 33.2. The van der Waals surface area contributed by atoms with Gasteiger partial charge in [0.15, 0.2) is 0 Å². The average molecular weight is 703 g/mol. The lowest BCUT2D eigenvalue weighted by Crippen LogP contribution is -2.25. The predicted octanol–water partition coefficient (Wildman–Crippen LogP) is 13.6. The Morgan fingerprint density at radius 2 is 0.700 bits per heavy atom. The van der Waals surface area contributed by atoms with Crippen molar-refractivity contribution < 1.29 is 24.2 Å². The van der Waals surface area contributed by atoms with Gasteiger partial charge in [0, 0.05) is 12.8 Å². The number of hydrogen-bond acceptors (Lipinski definition) is 5. The molecule has 5 heteroatoms. The van der Waals surface area contributed by atoms with Gasteiger partial charge >= 0.3 is 11.9 Å². The second-order valence-electron chi connectivity index (χ2n) is 14.5. The van der Waals surface area contributed by atoms with Crippen LogP contribution in [0.3, 0.4) is 0 Å². The summed E-state index contributed by atoms with van der Waals surface area (Å²) in [6.07, 6.45) is 50.6. The summed E-state index contributed by atoms with van der Waals surface area (Å²) in [5, 5.41) is 10.0. The van der Waals surface area contributed by atoms with Crippen LogP contribution in [0.2, 0.25) is 0 Å². The van der Waals surface area contributed by atoms with E-state index < -0.39 is 6.10 Å². The maximum atomic E-state index is 12.0. The van der Waals surface area contributed by atoms with Gasteiger partial charge in [-0.15, -0.1) is 0 Å². The molecule has 0 aromatic carbocycles.